The Hall–Kier alpha value is -1.92. The number of hydrogen-bond donors (Lipinski definition) is 1. The van der Waals surface area contributed by atoms with E-state index in [1.807, 2.05) is 0 Å². The van der Waals surface area contributed by atoms with Gasteiger partial charge in [0.05, 0.1) is 11.0 Å². The largest absolute Gasteiger partial charge is 0.476 e. The summed E-state index contributed by atoms with van der Waals surface area (Å²) in [5.74, 6) is -0.223. The summed E-state index contributed by atoms with van der Waals surface area (Å²) in [6.07, 6.45) is 4.03. The van der Waals surface area contributed by atoms with Crippen LogP contribution in [0.15, 0.2) is 6.20 Å². The normalized spacial score (nSPS) is 27.2. The maximum atomic E-state index is 11.0. The van der Waals surface area contributed by atoms with Crippen molar-refractivity contribution < 1.29 is 14.8 Å². The maximum Gasteiger partial charge on any atom is 0.363 e. The van der Waals surface area contributed by atoms with Crippen LogP contribution in [-0.2, 0) is 0 Å². The summed E-state index contributed by atoms with van der Waals surface area (Å²) in [6.45, 7) is 4.34. The number of nitro groups is 1. The highest BCUT2D eigenvalue weighted by atomic mass is 16.6. The van der Waals surface area contributed by atoms with Crippen LogP contribution in [0.1, 0.15) is 49.6 Å². The predicted octanol–water partition coefficient (Wildman–Crippen LogP) is 2.49. The molecule has 1 aromatic heterocycles. The Kier molecular flexibility index (Phi) is 3.55. The van der Waals surface area contributed by atoms with Crippen molar-refractivity contribution in [2.45, 2.75) is 39.2 Å². The highest BCUT2D eigenvalue weighted by Crippen LogP contribution is 2.36. The Morgan fingerprint density at radius 1 is 1.47 bits per heavy atom. The second kappa shape index (κ2) is 4.99. The molecule has 1 N–H and O–H groups in total. The lowest BCUT2D eigenvalue weighted by Gasteiger charge is -2.31. The molecule has 0 aromatic carbocycles. The van der Waals surface area contributed by atoms with Gasteiger partial charge in [-0.1, -0.05) is 13.8 Å². The van der Waals surface area contributed by atoms with Crippen LogP contribution >= 0.6 is 0 Å². The fraction of sp³-hybridized carbons (Fsp3) is 0.667. The number of rotatable bonds is 3. The van der Waals surface area contributed by atoms with E-state index in [0.717, 1.165) is 19.3 Å². The van der Waals surface area contributed by atoms with Gasteiger partial charge in [-0.3, -0.25) is 14.8 Å². The van der Waals surface area contributed by atoms with E-state index in [2.05, 4.69) is 18.9 Å². The lowest BCUT2D eigenvalue weighted by atomic mass is 9.79. The first-order valence-corrected chi connectivity index (χ1v) is 6.37. The van der Waals surface area contributed by atoms with Crippen molar-refractivity contribution in [3.05, 3.63) is 22.0 Å². The van der Waals surface area contributed by atoms with Crippen LogP contribution in [0.5, 0.6) is 0 Å². The highest BCUT2D eigenvalue weighted by molar-refractivity contribution is 5.89. The van der Waals surface area contributed by atoms with E-state index in [1.165, 1.54) is 10.9 Å². The SMILES string of the molecule is CC1CCC(n2cc([N+](=O)[O-])c(C(=O)O)n2)CC1C. The Bertz CT molecular complexity index is 480. The maximum absolute atomic E-state index is 11.0. The van der Waals surface area contributed by atoms with Crippen molar-refractivity contribution in [2.75, 3.05) is 0 Å². The van der Waals surface area contributed by atoms with Gasteiger partial charge in [0.2, 0.25) is 5.69 Å². The van der Waals surface area contributed by atoms with Gasteiger partial charge in [-0.05, 0) is 31.1 Å². The molecule has 1 fully saturated rings. The topological polar surface area (TPSA) is 98.3 Å². The zero-order chi connectivity index (χ0) is 14.2. The van der Waals surface area contributed by atoms with Gasteiger partial charge >= 0.3 is 11.7 Å². The molecule has 0 amide bonds. The van der Waals surface area contributed by atoms with Crippen molar-refractivity contribution in [3.8, 4) is 0 Å². The second-order valence-electron chi connectivity index (χ2n) is 5.33. The van der Waals surface area contributed by atoms with E-state index in [1.54, 1.807) is 0 Å². The van der Waals surface area contributed by atoms with Crippen LogP contribution in [-0.4, -0.2) is 25.8 Å². The Balaban J connectivity index is 2.28. The minimum atomic E-state index is -1.36. The number of carbonyl (C=O) groups is 1. The number of nitrogens with zero attached hydrogens (tertiary/aromatic N) is 3. The third kappa shape index (κ3) is 2.59. The molecule has 2 rings (SSSR count). The zero-order valence-electron chi connectivity index (χ0n) is 10.9. The Labute approximate surface area is 110 Å². The van der Waals surface area contributed by atoms with Crippen LogP contribution in [0, 0.1) is 22.0 Å². The first-order chi connectivity index (χ1) is 8.90. The third-order valence-corrected chi connectivity index (χ3v) is 4.06. The van der Waals surface area contributed by atoms with Crippen molar-refractivity contribution >= 4 is 11.7 Å². The van der Waals surface area contributed by atoms with Crippen LogP contribution in [0.4, 0.5) is 5.69 Å². The fourth-order valence-electron chi connectivity index (χ4n) is 2.61. The van der Waals surface area contributed by atoms with Gasteiger partial charge in [0.25, 0.3) is 0 Å². The second-order valence-corrected chi connectivity index (χ2v) is 5.33. The van der Waals surface area contributed by atoms with E-state index >= 15 is 0 Å². The van der Waals surface area contributed by atoms with Gasteiger partial charge in [-0.25, -0.2) is 4.79 Å². The van der Waals surface area contributed by atoms with Gasteiger partial charge in [-0.2, -0.15) is 5.10 Å². The molecule has 1 aliphatic carbocycles. The molecule has 1 heterocycles. The summed E-state index contributed by atoms with van der Waals surface area (Å²) in [4.78, 5) is 21.1. The lowest BCUT2D eigenvalue weighted by Crippen LogP contribution is -2.23. The van der Waals surface area contributed by atoms with Gasteiger partial charge in [0, 0.05) is 0 Å². The Morgan fingerprint density at radius 3 is 2.63 bits per heavy atom. The van der Waals surface area contributed by atoms with Crippen LogP contribution in [0.25, 0.3) is 0 Å². The number of aromatic carboxylic acids is 1. The van der Waals surface area contributed by atoms with Crippen molar-refractivity contribution in [2.24, 2.45) is 11.8 Å². The summed E-state index contributed by atoms with van der Waals surface area (Å²) in [7, 11) is 0. The molecule has 1 aliphatic rings. The molecule has 0 radical (unpaired) electrons. The number of carboxylic acids is 1. The number of hydrogen-bond acceptors (Lipinski definition) is 4. The molecule has 0 spiro atoms. The molecule has 1 aromatic rings. The summed E-state index contributed by atoms with van der Waals surface area (Å²) >= 11 is 0. The fourth-order valence-corrected chi connectivity index (χ4v) is 2.61. The number of aromatic nitrogens is 2. The quantitative estimate of drug-likeness (QED) is 0.670. The first kappa shape index (κ1) is 13.5. The smallest absolute Gasteiger partial charge is 0.363 e. The minimum absolute atomic E-state index is 0.0537. The Morgan fingerprint density at radius 2 is 2.16 bits per heavy atom. The monoisotopic (exact) mass is 267 g/mol. The van der Waals surface area contributed by atoms with E-state index < -0.39 is 22.3 Å². The van der Waals surface area contributed by atoms with Crippen molar-refractivity contribution in [1.29, 1.82) is 0 Å². The van der Waals surface area contributed by atoms with Crippen LogP contribution < -0.4 is 0 Å². The minimum Gasteiger partial charge on any atom is -0.476 e. The van der Waals surface area contributed by atoms with E-state index in [9.17, 15) is 14.9 Å². The molecule has 1 saturated carbocycles. The van der Waals surface area contributed by atoms with Gasteiger partial charge in [0.15, 0.2) is 0 Å². The van der Waals surface area contributed by atoms with E-state index in [-0.39, 0.29) is 6.04 Å². The molecular formula is C12H17N3O4. The van der Waals surface area contributed by atoms with Gasteiger partial charge in [-0.15, -0.1) is 0 Å². The lowest BCUT2D eigenvalue weighted by molar-refractivity contribution is -0.385. The first-order valence-electron chi connectivity index (χ1n) is 6.37. The third-order valence-electron chi connectivity index (χ3n) is 4.06. The standard InChI is InChI=1S/C12H17N3O4/c1-7-3-4-9(5-8(7)2)14-6-10(15(18)19)11(13-14)12(16)17/h6-9H,3-5H2,1-2H3,(H,16,17). The summed E-state index contributed by atoms with van der Waals surface area (Å²) in [6, 6.07) is 0.0537. The highest BCUT2D eigenvalue weighted by Gasteiger charge is 2.31. The summed E-state index contributed by atoms with van der Waals surface area (Å²) < 4.78 is 1.46. The average Bonchev–Trinajstić information content (AvgIpc) is 2.78. The molecule has 0 saturated heterocycles. The molecule has 3 atom stereocenters. The van der Waals surface area contributed by atoms with Crippen LogP contribution in [0.3, 0.4) is 0 Å². The molecular weight excluding hydrogens is 250 g/mol. The summed E-state index contributed by atoms with van der Waals surface area (Å²) in [5, 5.41) is 23.7. The van der Waals surface area contributed by atoms with Gasteiger partial charge < -0.3 is 5.11 Å². The molecule has 3 unspecified atom stereocenters. The van der Waals surface area contributed by atoms with Crippen molar-refractivity contribution in [3.63, 3.8) is 0 Å². The molecule has 0 bridgehead atoms. The zero-order valence-corrected chi connectivity index (χ0v) is 10.9. The average molecular weight is 267 g/mol. The predicted molar refractivity (Wildman–Crippen MR) is 67.1 cm³/mol. The molecule has 104 valence electrons. The molecule has 7 heteroatoms. The summed E-state index contributed by atoms with van der Waals surface area (Å²) in [5.41, 5.74) is -0.907. The van der Waals surface area contributed by atoms with E-state index in [0.29, 0.717) is 11.8 Å². The van der Waals surface area contributed by atoms with E-state index in [4.69, 9.17) is 5.11 Å². The van der Waals surface area contributed by atoms with Crippen molar-refractivity contribution in [1.82, 2.24) is 9.78 Å². The molecule has 19 heavy (non-hydrogen) atoms. The van der Waals surface area contributed by atoms with Gasteiger partial charge in [0.1, 0.15) is 6.20 Å². The van der Waals surface area contributed by atoms with Crippen LogP contribution in [0.2, 0.25) is 0 Å². The number of carboxylic acid groups (broad SMARTS) is 1. The molecule has 7 nitrogen and oxygen atoms in total. The molecule has 0 aliphatic heterocycles.